The number of rotatable bonds is 8. The van der Waals surface area contributed by atoms with E-state index in [9.17, 15) is 0 Å². The second kappa shape index (κ2) is 7.70. The van der Waals surface area contributed by atoms with Crippen LogP contribution < -0.4 is 10.2 Å². The van der Waals surface area contributed by atoms with E-state index >= 15 is 0 Å². The van der Waals surface area contributed by atoms with Crippen LogP contribution in [0, 0.1) is 0 Å². The Labute approximate surface area is 120 Å². The minimum absolute atomic E-state index is 0.752. The maximum Gasteiger partial charge on any atom is 0.129 e. The minimum atomic E-state index is 0.752. The van der Waals surface area contributed by atoms with Crippen LogP contribution >= 0.6 is 0 Å². The van der Waals surface area contributed by atoms with E-state index in [4.69, 9.17) is 9.40 Å². The first kappa shape index (κ1) is 14.6. The van der Waals surface area contributed by atoms with Gasteiger partial charge in [0, 0.05) is 13.1 Å². The highest BCUT2D eigenvalue weighted by atomic mass is 16.3. The molecule has 20 heavy (non-hydrogen) atoms. The van der Waals surface area contributed by atoms with Gasteiger partial charge in [-0.15, -0.1) is 0 Å². The summed E-state index contributed by atoms with van der Waals surface area (Å²) in [7, 11) is 0. The first-order valence-electron chi connectivity index (χ1n) is 7.27. The summed E-state index contributed by atoms with van der Waals surface area (Å²) in [5.41, 5.74) is 1.08. The molecule has 0 aliphatic heterocycles. The van der Waals surface area contributed by atoms with Gasteiger partial charge in [0.05, 0.1) is 18.5 Å². The van der Waals surface area contributed by atoms with E-state index in [-0.39, 0.29) is 0 Å². The average molecular weight is 273 g/mol. The third-order valence-electron chi connectivity index (χ3n) is 3.16. The Hall–Kier alpha value is -1.81. The third-order valence-corrected chi connectivity index (χ3v) is 3.16. The zero-order chi connectivity index (χ0) is 14.2. The van der Waals surface area contributed by atoms with E-state index < -0.39 is 0 Å². The van der Waals surface area contributed by atoms with Crippen molar-refractivity contribution >= 4 is 5.82 Å². The third kappa shape index (κ3) is 4.10. The highest BCUT2D eigenvalue weighted by molar-refractivity contribution is 5.39. The number of anilines is 1. The van der Waals surface area contributed by atoms with Gasteiger partial charge in [-0.3, -0.25) is 0 Å². The summed E-state index contributed by atoms with van der Waals surface area (Å²) in [5.74, 6) is 1.96. The predicted molar refractivity (Wildman–Crippen MR) is 81.7 cm³/mol. The smallest absolute Gasteiger partial charge is 0.129 e. The molecule has 0 unspecified atom stereocenters. The molecule has 2 aromatic rings. The minimum Gasteiger partial charge on any atom is -0.467 e. The predicted octanol–water partition coefficient (Wildman–Crippen LogP) is 3.20. The summed E-state index contributed by atoms with van der Waals surface area (Å²) in [6.45, 7) is 7.79. The lowest BCUT2D eigenvalue weighted by Crippen LogP contribution is -2.23. The summed E-state index contributed by atoms with van der Waals surface area (Å²) in [4.78, 5) is 6.93. The van der Waals surface area contributed by atoms with Crippen molar-refractivity contribution in [1.82, 2.24) is 10.3 Å². The Balaban J connectivity index is 2.03. The van der Waals surface area contributed by atoms with Crippen LogP contribution in [0.15, 0.2) is 41.0 Å². The molecule has 4 nitrogen and oxygen atoms in total. The topological polar surface area (TPSA) is 41.3 Å². The van der Waals surface area contributed by atoms with Gasteiger partial charge in [0.1, 0.15) is 11.6 Å². The number of furan rings is 1. The fraction of sp³-hybridized carbons (Fsp3) is 0.438. The Bertz CT molecular complexity index is 496. The van der Waals surface area contributed by atoms with Crippen LogP contribution in [0.5, 0.6) is 0 Å². The van der Waals surface area contributed by atoms with Gasteiger partial charge in [0.25, 0.3) is 0 Å². The van der Waals surface area contributed by atoms with Crippen molar-refractivity contribution in [3.63, 3.8) is 0 Å². The van der Waals surface area contributed by atoms with Crippen LogP contribution in [-0.4, -0.2) is 18.1 Å². The van der Waals surface area contributed by atoms with E-state index in [1.54, 1.807) is 6.26 Å². The van der Waals surface area contributed by atoms with Crippen molar-refractivity contribution in [1.29, 1.82) is 0 Å². The molecule has 108 valence electrons. The molecule has 0 radical (unpaired) electrons. The first-order valence-corrected chi connectivity index (χ1v) is 7.27. The Morgan fingerprint density at radius 2 is 2.10 bits per heavy atom. The Morgan fingerprint density at radius 3 is 2.80 bits per heavy atom. The highest BCUT2D eigenvalue weighted by Gasteiger charge is 2.09. The number of nitrogens with zero attached hydrogens (tertiary/aromatic N) is 2. The zero-order valence-corrected chi connectivity index (χ0v) is 12.3. The van der Waals surface area contributed by atoms with Gasteiger partial charge in [-0.25, -0.2) is 4.98 Å². The van der Waals surface area contributed by atoms with Crippen LogP contribution in [-0.2, 0) is 13.1 Å². The van der Waals surface area contributed by atoms with Crippen LogP contribution in [0.1, 0.15) is 31.7 Å². The standard InChI is InChI=1S/C16H23N3O/c1-3-10-17-12-14-7-5-9-16(18-14)19(4-2)13-15-8-6-11-20-15/h5-9,11,17H,3-4,10,12-13H2,1-2H3. The van der Waals surface area contributed by atoms with Crippen LogP contribution in [0.3, 0.4) is 0 Å². The summed E-state index contributed by atoms with van der Waals surface area (Å²) in [5, 5.41) is 3.38. The molecule has 0 bridgehead atoms. The van der Waals surface area contributed by atoms with Crippen molar-refractivity contribution in [3.8, 4) is 0 Å². The normalized spacial score (nSPS) is 10.7. The fourth-order valence-corrected chi connectivity index (χ4v) is 2.08. The van der Waals surface area contributed by atoms with Gasteiger partial charge in [-0.2, -0.15) is 0 Å². The SMILES string of the molecule is CCCNCc1cccc(N(CC)Cc2ccco2)n1. The summed E-state index contributed by atoms with van der Waals surface area (Å²) < 4.78 is 5.42. The van der Waals surface area contributed by atoms with E-state index in [2.05, 4.69) is 42.3 Å². The number of nitrogens with one attached hydrogen (secondary N) is 1. The second-order valence-electron chi connectivity index (χ2n) is 4.76. The molecular formula is C16H23N3O. The monoisotopic (exact) mass is 273 g/mol. The lowest BCUT2D eigenvalue weighted by Gasteiger charge is -2.21. The first-order chi connectivity index (χ1) is 9.83. The largest absolute Gasteiger partial charge is 0.467 e. The summed E-state index contributed by atoms with van der Waals surface area (Å²) in [6, 6.07) is 10.1. The Morgan fingerprint density at radius 1 is 1.20 bits per heavy atom. The number of pyridine rings is 1. The molecule has 0 spiro atoms. The molecule has 0 saturated carbocycles. The second-order valence-corrected chi connectivity index (χ2v) is 4.76. The molecule has 0 fully saturated rings. The van der Waals surface area contributed by atoms with Crippen LogP contribution in [0.4, 0.5) is 5.82 Å². The summed E-state index contributed by atoms with van der Waals surface area (Å²) >= 11 is 0. The van der Waals surface area contributed by atoms with Crippen LogP contribution in [0.2, 0.25) is 0 Å². The van der Waals surface area contributed by atoms with Crippen LogP contribution in [0.25, 0.3) is 0 Å². The molecule has 2 aromatic heterocycles. The Kier molecular flexibility index (Phi) is 5.62. The van der Waals surface area contributed by atoms with E-state index in [1.807, 2.05) is 12.1 Å². The molecule has 0 aromatic carbocycles. The molecule has 0 aliphatic carbocycles. The molecular weight excluding hydrogens is 250 g/mol. The summed E-state index contributed by atoms with van der Waals surface area (Å²) in [6.07, 6.45) is 2.85. The lowest BCUT2D eigenvalue weighted by molar-refractivity contribution is 0.502. The van der Waals surface area contributed by atoms with E-state index in [0.717, 1.165) is 49.9 Å². The molecule has 0 saturated heterocycles. The lowest BCUT2D eigenvalue weighted by atomic mass is 10.3. The van der Waals surface area contributed by atoms with Crippen molar-refractivity contribution < 1.29 is 4.42 Å². The zero-order valence-electron chi connectivity index (χ0n) is 12.3. The van der Waals surface area contributed by atoms with E-state index in [0.29, 0.717) is 0 Å². The number of hydrogen-bond acceptors (Lipinski definition) is 4. The van der Waals surface area contributed by atoms with Gasteiger partial charge in [-0.1, -0.05) is 13.0 Å². The number of hydrogen-bond donors (Lipinski definition) is 1. The van der Waals surface area contributed by atoms with Crippen molar-refractivity contribution in [2.24, 2.45) is 0 Å². The maximum absolute atomic E-state index is 5.42. The molecule has 1 N–H and O–H groups in total. The fourth-order valence-electron chi connectivity index (χ4n) is 2.08. The van der Waals surface area contributed by atoms with Gasteiger partial charge in [0.2, 0.25) is 0 Å². The van der Waals surface area contributed by atoms with Crippen molar-refractivity contribution in [3.05, 3.63) is 48.0 Å². The van der Waals surface area contributed by atoms with Crippen molar-refractivity contribution in [2.75, 3.05) is 18.0 Å². The van der Waals surface area contributed by atoms with Crippen molar-refractivity contribution in [2.45, 2.75) is 33.4 Å². The van der Waals surface area contributed by atoms with Gasteiger partial charge >= 0.3 is 0 Å². The molecule has 2 rings (SSSR count). The quantitative estimate of drug-likeness (QED) is 0.750. The van der Waals surface area contributed by atoms with E-state index in [1.165, 1.54) is 0 Å². The van der Waals surface area contributed by atoms with Gasteiger partial charge < -0.3 is 14.6 Å². The molecule has 0 amide bonds. The molecule has 4 heteroatoms. The molecule has 0 aliphatic rings. The highest BCUT2D eigenvalue weighted by Crippen LogP contribution is 2.15. The van der Waals surface area contributed by atoms with Gasteiger partial charge in [0.15, 0.2) is 0 Å². The van der Waals surface area contributed by atoms with Gasteiger partial charge in [-0.05, 0) is 44.2 Å². The molecule has 2 heterocycles. The molecule has 0 atom stereocenters. The maximum atomic E-state index is 5.42. The number of aromatic nitrogens is 1. The average Bonchev–Trinajstić information content (AvgIpc) is 2.98.